The minimum Gasteiger partial charge on any atom is -0.444 e. The third kappa shape index (κ3) is 16.3. The Labute approximate surface area is 439 Å². The molecular formula is C58H73N9O8. The molecule has 2 aliphatic rings. The smallest absolute Gasteiger partial charge is 0.413 e. The van der Waals surface area contributed by atoms with Crippen LogP contribution in [0.15, 0.2) is 84.9 Å². The van der Waals surface area contributed by atoms with E-state index in [1.807, 2.05) is 38.1 Å². The number of rotatable bonds is 30. The number of benzene rings is 3. The number of anilines is 2. The molecule has 2 atom stereocenters. The van der Waals surface area contributed by atoms with Crippen molar-refractivity contribution in [3.63, 3.8) is 0 Å². The van der Waals surface area contributed by atoms with Crippen molar-refractivity contribution in [2.24, 2.45) is 23.5 Å². The first-order valence-corrected chi connectivity index (χ1v) is 26.8. The molecule has 17 heteroatoms. The summed E-state index contributed by atoms with van der Waals surface area (Å²) in [4.78, 5) is 100. The average Bonchev–Trinajstić information content (AvgIpc) is 4.08. The third-order valence-corrected chi connectivity index (χ3v) is 14.0. The Morgan fingerprint density at radius 3 is 2.21 bits per heavy atom. The Morgan fingerprint density at radius 2 is 1.51 bits per heavy atom. The van der Waals surface area contributed by atoms with Crippen LogP contribution in [0.1, 0.15) is 133 Å². The van der Waals surface area contributed by atoms with E-state index in [4.69, 9.17) is 20.4 Å². The van der Waals surface area contributed by atoms with Gasteiger partial charge in [0, 0.05) is 68.0 Å². The molecule has 1 aliphatic heterocycles. The van der Waals surface area contributed by atoms with Gasteiger partial charge in [0.15, 0.2) is 11.6 Å². The molecule has 398 valence electrons. The van der Waals surface area contributed by atoms with Gasteiger partial charge in [-0.1, -0.05) is 114 Å². The quantitative estimate of drug-likeness (QED) is 0.0216. The van der Waals surface area contributed by atoms with Crippen LogP contribution in [0.2, 0.25) is 0 Å². The number of hydrogen-bond donors (Lipinski definition) is 5. The Bertz CT molecular complexity index is 2820. The number of unbranched alkanes of at least 4 members (excludes halogenated alkanes) is 4. The van der Waals surface area contributed by atoms with Crippen LogP contribution in [0.4, 0.5) is 21.1 Å². The van der Waals surface area contributed by atoms with Gasteiger partial charge in [-0.25, -0.2) is 19.6 Å². The Balaban J connectivity index is 0.950. The standard InChI is InChI=1S/C58H73N9O8/c1-4-5-19-48-63-53-54(67(48)36-41-25-23-40(24-26-41)15-9-8-14-39-21-22-39)45-17-10-11-18-46(45)62-55(53)65-58(74)75-37-42-27-29-44(30-28-42)61-56(72)43(16-13-33-60-57(59)73)35-47(68)52(38(2)3)64-49(69)20-7-6-12-34-66-50(70)31-32-51(66)71/h10-11,17-18,23-32,38-39,43,52H,4-9,12-16,19-22,33-37H2,1-3H3,(H,61,72)(H,64,69)(H3,59,60,73)(H,62,65,74)/t43-,52+/m1/s1. The number of hydrogen-bond acceptors (Lipinski definition) is 10. The van der Waals surface area contributed by atoms with Crippen molar-refractivity contribution < 1.29 is 38.3 Å². The number of Topliss-reactive ketones (excluding diaryl/α,β-unsaturated/α-hetero) is 1. The number of nitrogens with two attached hydrogens (primary N) is 1. The van der Waals surface area contributed by atoms with Crippen molar-refractivity contribution >= 4 is 75.0 Å². The van der Waals surface area contributed by atoms with E-state index in [-0.39, 0.29) is 68.4 Å². The summed E-state index contributed by atoms with van der Waals surface area (Å²) in [6, 6.07) is 22.1. The lowest BCUT2D eigenvalue weighted by Crippen LogP contribution is -2.45. The summed E-state index contributed by atoms with van der Waals surface area (Å²) in [5.74, 6) is -0.585. The minimum absolute atomic E-state index is 0.0753. The van der Waals surface area contributed by atoms with Crippen LogP contribution in [0.25, 0.3) is 21.9 Å². The first-order valence-electron chi connectivity index (χ1n) is 26.8. The first kappa shape index (κ1) is 55.3. The molecule has 0 spiro atoms. The number of imide groups is 1. The van der Waals surface area contributed by atoms with Gasteiger partial charge in [0.1, 0.15) is 17.9 Å². The number of ether oxygens (including phenoxy) is 1. The molecular weight excluding hydrogens is 951 g/mol. The van der Waals surface area contributed by atoms with Gasteiger partial charge >= 0.3 is 12.1 Å². The highest BCUT2D eigenvalue weighted by Gasteiger charge is 2.30. The number of fused-ring (bicyclic) bond motifs is 3. The lowest BCUT2D eigenvalue weighted by Gasteiger charge is -2.24. The topological polar surface area (TPSA) is 237 Å². The molecule has 7 rings (SSSR count). The molecule has 1 fully saturated rings. The number of pyridine rings is 1. The largest absolute Gasteiger partial charge is 0.444 e. The molecule has 17 nitrogen and oxygen atoms in total. The highest BCUT2D eigenvalue weighted by Crippen LogP contribution is 2.34. The van der Waals surface area contributed by atoms with Gasteiger partial charge in [-0.15, -0.1) is 0 Å². The van der Waals surface area contributed by atoms with Crippen molar-refractivity contribution in [2.75, 3.05) is 23.7 Å². The fourth-order valence-corrected chi connectivity index (χ4v) is 9.54. The molecule has 3 aromatic carbocycles. The highest BCUT2D eigenvalue weighted by molar-refractivity contribution is 6.13. The maximum atomic E-state index is 13.8. The normalized spacial score (nSPS) is 14.1. The molecule has 75 heavy (non-hydrogen) atoms. The molecule has 0 bridgehead atoms. The molecule has 2 aromatic heterocycles. The summed E-state index contributed by atoms with van der Waals surface area (Å²) in [6.07, 6.45) is 14.5. The van der Waals surface area contributed by atoms with Gasteiger partial charge in [0.2, 0.25) is 11.8 Å². The van der Waals surface area contributed by atoms with E-state index < -0.39 is 30.0 Å². The summed E-state index contributed by atoms with van der Waals surface area (Å²) in [7, 11) is 0. The third-order valence-electron chi connectivity index (χ3n) is 14.0. The number of urea groups is 1. The van der Waals surface area contributed by atoms with Crippen molar-refractivity contribution in [2.45, 2.75) is 143 Å². The first-order chi connectivity index (χ1) is 36.3. The second-order valence-corrected chi connectivity index (χ2v) is 20.3. The molecule has 1 aliphatic carbocycles. The summed E-state index contributed by atoms with van der Waals surface area (Å²) < 4.78 is 7.97. The minimum atomic E-state index is -0.841. The van der Waals surface area contributed by atoms with Crippen LogP contribution in [0.3, 0.4) is 0 Å². The van der Waals surface area contributed by atoms with Crippen LogP contribution in [0.5, 0.6) is 0 Å². The fraction of sp³-hybridized carbons (Fsp3) is 0.466. The number of nitrogens with zero attached hydrogens (tertiary/aromatic N) is 4. The predicted molar refractivity (Wildman–Crippen MR) is 289 cm³/mol. The fourth-order valence-electron chi connectivity index (χ4n) is 9.54. The molecule has 1 saturated carbocycles. The maximum Gasteiger partial charge on any atom is 0.413 e. The lowest BCUT2D eigenvalue weighted by atomic mass is 9.89. The molecule has 0 radical (unpaired) electrons. The van der Waals surface area contributed by atoms with Gasteiger partial charge in [-0.2, -0.15) is 0 Å². The Kier molecular flexibility index (Phi) is 20.1. The zero-order valence-electron chi connectivity index (χ0n) is 43.7. The van der Waals surface area contributed by atoms with E-state index >= 15 is 0 Å². The number of amides is 7. The number of primary amides is 1. The van der Waals surface area contributed by atoms with Crippen LogP contribution in [-0.4, -0.2) is 80.1 Å². The SMILES string of the molecule is CCCCc1nc2c(NC(=O)OCc3ccc(NC(=O)[C@H](CCCNC(N)=O)CC(=O)[C@@H](NC(=O)CCCCCN4C(=O)C=CC4=O)C(C)C)cc3)nc3ccccc3c2n1Cc1ccc(CCCCC2CC2)cc1. The van der Waals surface area contributed by atoms with Gasteiger partial charge < -0.3 is 31.0 Å². The number of para-hydroxylation sites is 1. The molecule has 6 N–H and O–H groups in total. The second kappa shape index (κ2) is 27.2. The van der Waals surface area contributed by atoms with Crippen LogP contribution in [-0.2, 0) is 54.7 Å². The van der Waals surface area contributed by atoms with E-state index in [0.717, 1.165) is 58.7 Å². The lowest BCUT2D eigenvalue weighted by molar-refractivity contribution is -0.137. The zero-order chi connectivity index (χ0) is 53.3. The van der Waals surface area contributed by atoms with Crippen LogP contribution < -0.4 is 27.0 Å². The number of aryl methyl sites for hydroxylation is 2. The van der Waals surface area contributed by atoms with E-state index in [9.17, 15) is 33.6 Å². The molecule has 7 amide bonds. The number of nitrogens with one attached hydrogen (secondary N) is 4. The van der Waals surface area contributed by atoms with E-state index in [2.05, 4.69) is 57.0 Å². The van der Waals surface area contributed by atoms with Crippen molar-refractivity contribution in [1.82, 2.24) is 30.1 Å². The van der Waals surface area contributed by atoms with Crippen molar-refractivity contribution in [3.05, 3.63) is 107 Å². The van der Waals surface area contributed by atoms with Crippen LogP contribution in [0, 0.1) is 17.8 Å². The number of aromatic nitrogens is 3. The zero-order valence-corrected chi connectivity index (χ0v) is 43.7. The number of ketones is 1. The Hall–Kier alpha value is -7.43. The Morgan fingerprint density at radius 1 is 0.787 bits per heavy atom. The second-order valence-electron chi connectivity index (χ2n) is 20.3. The molecule has 5 aromatic rings. The van der Waals surface area contributed by atoms with Gasteiger partial charge in [0.25, 0.3) is 11.8 Å². The van der Waals surface area contributed by atoms with Crippen LogP contribution >= 0.6 is 0 Å². The van der Waals surface area contributed by atoms with Gasteiger partial charge in [-0.3, -0.25) is 34.2 Å². The summed E-state index contributed by atoms with van der Waals surface area (Å²) >= 11 is 0. The summed E-state index contributed by atoms with van der Waals surface area (Å²) in [5.41, 5.74) is 11.1. The van der Waals surface area contributed by atoms with E-state index in [1.165, 1.54) is 55.4 Å². The number of carbonyl (C=O) groups is 7. The molecule has 3 heterocycles. The number of carbonyl (C=O) groups excluding carboxylic acids is 7. The molecule has 0 unspecified atom stereocenters. The van der Waals surface area contributed by atoms with Gasteiger partial charge in [0.05, 0.1) is 17.1 Å². The monoisotopic (exact) mass is 1020 g/mol. The van der Waals surface area contributed by atoms with E-state index in [1.54, 1.807) is 24.3 Å². The van der Waals surface area contributed by atoms with Crippen molar-refractivity contribution in [1.29, 1.82) is 0 Å². The summed E-state index contributed by atoms with van der Waals surface area (Å²) in [5, 5.41) is 12.1. The predicted octanol–water partition coefficient (Wildman–Crippen LogP) is 9.44. The van der Waals surface area contributed by atoms with Crippen molar-refractivity contribution in [3.8, 4) is 0 Å². The summed E-state index contributed by atoms with van der Waals surface area (Å²) in [6.45, 7) is 6.82. The van der Waals surface area contributed by atoms with Gasteiger partial charge in [-0.05, 0) is 91.7 Å². The highest BCUT2D eigenvalue weighted by atomic mass is 16.5. The average molecular weight is 1020 g/mol. The molecule has 0 saturated heterocycles. The number of imidazole rings is 1. The maximum absolute atomic E-state index is 13.8. The van der Waals surface area contributed by atoms with E-state index in [0.29, 0.717) is 54.8 Å².